The number of piperazine rings is 1. The Morgan fingerprint density at radius 3 is 2.39 bits per heavy atom. The molecule has 0 radical (unpaired) electrons. The maximum atomic E-state index is 13.1. The molecule has 0 atom stereocenters. The highest BCUT2D eigenvalue weighted by molar-refractivity contribution is 5.94. The predicted octanol–water partition coefficient (Wildman–Crippen LogP) is 0.859. The Labute approximate surface area is 192 Å². The number of amides is 3. The van der Waals surface area contributed by atoms with Gasteiger partial charge < -0.3 is 24.2 Å². The van der Waals surface area contributed by atoms with Gasteiger partial charge in [0.15, 0.2) is 5.69 Å². The lowest BCUT2D eigenvalue weighted by Crippen LogP contribution is -2.50. The Balaban J connectivity index is 1.46. The molecule has 0 aliphatic carbocycles. The number of fused-ring (bicyclic) bond motifs is 1. The van der Waals surface area contributed by atoms with E-state index >= 15 is 0 Å². The van der Waals surface area contributed by atoms with E-state index < -0.39 is 0 Å². The summed E-state index contributed by atoms with van der Waals surface area (Å²) in [5, 5.41) is 7.26. The van der Waals surface area contributed by atoms with Gasteiger partial charge in [0.25, 0.3) is 5.91 Å². The molecule has 1 aromatic heterocycles. The largest absolute Gasteiger partial charge is 0.497 e. The van der Waals surface area contributed by atoms with Crippen LogP contribution in [0, 0.1) is 0 Å². The second kappa shape index (κ2) is 9.51. The van der Waals surface area contributed by atoms with Crippen LogP contribution in [-0.2, 0) is 29.0 Å². The second-order valence-electron chi connectivity index (χ2n) is 8.25. The Bertz CT molecular complexity index is 1060. The fourth-order valence-corrected chi connectivity index (χ4v) is 4.35. The molecule has 10 nitrogen and oxygen atoms in total. The molecular formula is C23H29N5O5. The highest BCUT2D eigenvalue weighted by Gasteiger charge is 2.31. The first kappa shape index (κ1) is 22.6. The molecular weight excluding hydrogens is 426 g/mol. The standard InChI is InChI=1S/C23H29N5O5/c1-15(29)26-8-10-27(11-9-26)23(31)22-18-14-28(7-6-19(18)24-25-22)21(30)13-16-12-17(32-2)4-5-20(16)33-3/h4-5,12H,6-11,13-14H2,1-3H3,(H,24,25). The fraction of sp³-hybridized carbons (Fsp3) is 0.478. The lowest BCUT2D eigenvalue weighted by molar-refractivity contribution is -0.131. The van der Waals surface area contributed by atoms with Crippen molar-refractivity contribution in [2.45, 2.75) is 26.3 Å². The van der Waals surface area contributed by atoms with Crippen molar-refractivity contribution in [2.24, 2.45) is 0 Å². The molecule has 1 fully saturated rings. The topological polar surface area (TPSA) is 108 Å². The van der Waals surface area contributed by atoms with Gasteiger partial charge in [0.1, 0.15) is 11.5 Å². The fourth-order valence-electron chi connectivity index (χ4n) is 4.35. The molecule has 1 N–H and O–H groups in total. The molecule has 0 unspecified atom stereocenters. The van der Waals surface area contributed by atoms with Gasteiger partial charge in [-0.05, 0) is 18.2 Å². The third-order valence-corrected chi connectivity index (χ3v) is 6.33. The molecule has 10 heteroatoms. The Morgan fingerprint density at radius 1 is 1.00 bits per heavy atom. The normalized spacial score (nSPS) is 15.8. The lowest BCUT2D eigenvalue weighted by Gasteiger charge is -2.34. The molecule has 0 spiro atoms. The van der Waals surface area contributed by atoms with E-state index in [1.54, 1.807) is 47.1 Å². The summed E-state index contributed by atoms with van der Waals surface area (Å²) in [5.74, 6) is 1.08. The van der Waals surface area contributed by atoms with Crippen molar-refractivity contribution in [3.05, 3.63) is 40.7 Å². The first-order chi connectivity index (χ1) is 15.9. The number of nitrogens with zero attached hydrogens (tertiary/aromatic N) is 4. The van der Waals surface area contributed by atoms with Crippen LogP contribution in [0.5, 0.6) is 11.5 Å². The Morgan fingerprint density at radius 2 is 1.73 bits per heavy atom. The van der Waals surface area contributed by atoms with E-state index in [4.69, 9.17) is 9.47 Å². The zero-order valence-corrected chi connectivity index (χ0v) is 19.2. The average Bonchev–Trinajstić information content (AvgIpc) is 3.26. The highest BCUT2D eigenvalue weighted by Crippen LogP contribution is 2.27. The number of carbonyl (C=O) groups is 3. The van der Waals surface area contributed by atoms with E-state index in [0.29, 0.717) is 62.9 Å². The average molecular weight is 456 g/mol. The number of nitrogens with one attached hydrogen (secondary N) is 1. The summed E-state index contributed by atoms with van der Waals surface area (Å²) in [6.45, 7) is 4.38. The van der Waals surface area contributed by atoms with E-state index in [1.165, 1.54) is 6.92 Å². The van der Waals surface area contributed by atoms with Crippen molar-refractivity contribution in [1.82, 2.24) is 24.9 Å². The second-order valence-corrected chi connectivity index (χ2v) is 8.25. The minimum atomic E-state index is -0.167. The third-order valence-electron chi connectivity index (χ3n) is 6.33. The highest BCUT2D eigenvalue weighted by atomic mass is 16.5. The monoisotopic (exact) mass is 455 g/mol. The summed E-state index contributed by atoms with van der Waals surface area (Å²) >= 11 is 0. The van der Waals surface area contributed by atoms with Crippen LogP contribution in [0.3, 0.4) is 0 Å². The van der Waals surface area contributed by atoms with Crippen LogP contribution in [0.15, 0.2) is 18.2 Å². The van der Waals surface area contributed by atoms with Gasteiger partial charge in [0, 0.05) is 69.4 Å². The predicted molar refractivity (Wildman–Crippen MR) is 119 cm³/mol. The molecule has 3 heterocycles. The van der Waals surface area contributed by atoms with Crippen LogP contribution in [0.1, 0.15) is 34.2 Å². The maximum absolute atomic E-state index is 13.1. The van der Waals surface area contributed by atoms with Crippen molar-refractivity contribution < 1.29 is 23.9 Å². The summed E-state index contributed by atoms with van der Waals surface area (Å²) in [4.78, 5) is 43.0. The summed E-state index contributed by atoms with van der Waals surface area (Å²) in [6, 6.07) is 5.38. The van der Waals surface area contributed by atoms with E-state index in [1.807, 2.05) is 0 Å². The van der Waals surface area contributed by atoms with Gasteiger partial charge in [-0.3, -0.25) is 19.5 Å². The lowest BCUT2D eigenvalue weighted by atomic mass is 10.0. The molecule has 0 bridgehead atoms. The van der Waals surface area contributed by atoms with Gasteiger partial charge in [0.2, 0.25) is 11.8 Å². The minimum Gasteiger partial charge on any atom is -0.497 e. The SMILES string of the molecule is COc1ccc(OC)c(CC(=O)N2CCc3[nH]nc(C(=O)N4CCN(C(C)=O)CC4)c3C2)c1. The number of H-pyrrole nitrogens is 1. The first-order valence-electron chi connectivity index (χ1n) is 11.0. The van der Waals surface area contributed by atoms with Crippen molar-refractivity contribution in [1.29, 1.82) is 0 Å². The van der Waals surface area contributed by atoms with Crippen LogP contribution in [0.25, 0.3) is 0 Å². The smallest absolute Gasteiger partial charge is 0.274 e. The summed E-state index contributed by atoms with van der Waals surface area (Å²) < 4.78 is 10.7. The molecule has 1 saturated heterocycles. The number of carbonyl (C=O) groups excluding carboxylic acids is 3. The maximum Gasteiger partial charge on any atom is 0.274 e. The number of aromatic nitrogens is 2. The van der Waals surface area contributed by atoms with E-state index in [9.17, 15) is 14.4 Å². The number of hydrogen-bond acceptors (Lipinski definition) is 6. The summed E-state index contributed by atoms with van der Waals surface area (Å²) in [6.07, 6.45) is 0.776. The van der Waals surface area contributed by atoms with E-state index in [-0.39, 0.29) is 24.1 Å². The summed E-state index contributed by atoms with van der Waals surface area (Å²) in [7, 11) is 3.15. The van der Waals surface area contributed by atoms with Crippen molar-refractivity contribution in [3.8, 4) is 11.5 Å². The molecule has 33 heavy (non-hydrogen) atoms. The first-order valence-corrected chi connectivity index (χ1v) is 11.0. The molecule has 0 saturated carbocycles. The van der Waals surface area contributed by atoms with Gasteiger partial charge >= 0.3 is 0 Å². The zero-order chi connectivity index (χ0) is 23.5. The van der Waals surface area contributed by atoms with E-state index in [2.05, 4.69) is 10.2 Å². The number of ether oxygens (including phenoxy) is 2. The quantitative estimate of drug-likeness (QED) is 0.717. The molecule has 2 aliphatic heterocycles. The van der Waals surface area contributed by atoms with Crippen LogP contribution < -0.4 is 9.47 Å². The zero-order valence-electron chi connectivity index (χ0n) is 19.2. The van der Waals surface area contributed by atoms with Gasteiger partial charge in [-0.1, -0.05) is 0 Å². The molecule has 4 rings (SSSR count). The molecule has 1 aromatic carbocycles. The Kier molecular flexibility index (Phi) is 6.52. The Hall–Kier alpha value is -3.56. The molecule has 3 amide bonds. The minimum absolute atomic E-state index is 0.0149. The molecule has 176 valence electrons. The summed E-state index contributed by atoms with van der Waals surface area (Å²) in [5.41, 5.74) is 2.77. The van der Waals surface area contributed by atoms with Crippen LogP contribution in [0.4, 0.5) is 0 Å². The van der Waals surface area contributed by atoms with Crippen molar-refractivity contribution in [3.63, 3.8) is 0 Å². The van der Waals surface area contributed by atoms with E-state index in [0.717, 1.165) is 16.8 Å². The molecule has 2 aromatic rings. The van der Waals surface area contributed by atoms with Crippen LogP contribution in [0.2, 0.25) is 0 Å². The van der Waals surface area contributed by atoms with Crippen molar-refractivity contribution in [2.75, 3.05) is 46.9 Å². The van der Waals surface area contributed by atoms with Gasteiger partial charge in [-0.25, -0.2) is 0 Å². The van der Waals surface area contributed by atoms with Crippen LogP contribution >= 0.6 is 0 Å². The van der Waals surface area contributed by atoms with Gasteiger partial charge in [-0.15, -0.1) is 0 Å². The number of benzene rings is 1. The molecule has 2 aliphatic rings. The van der Waals surface area contributed by atoms with Gasteiger partial charge in [0.05, 0.1) is 20.6 Å². The number of aromatic amines is 1. The number of rotatable bonds is 5. The number of methoxy groups -OCH3 is 2. The van der Waals surface area contributed by atoms with Crippen molar-refractivity contribution >= 4 is 17.7 Å². The number of hydrogen-bond donors (Lipinski definition) is 1. The van der Waals surface area contributed by atoms with Crippen LogP contribution in [-0.4, -0.2) is 89.6 Å². The van der Waals surface area contributed by atoms with Gasteiger partial charge in [-0.2, -0.15) is 5.10 Å². The third kappa shape index (κ3) is 4.64.